The third kappa shape index (κ3) is 4.49. The Balaban J connectivity index is 1.57. The number of fused-ring (bicyclic) bond motifs is 2. The molecule has 0 saturated heterocycles. The summed E-state index contributed by atoms with van der Waals surface area (Å²) in [7, 11) is 0. The summed E-state index contributed by atoms with van der Waals surface area (Å²) >= 11 is 0. The molecular weight excluding hydrogens is 653 g/mol. The molecule has 0 N–H and O–H groups in total. The fourth-order valence-electron chi connectivity index (χ4n) is 6.74. The van der Waals surface area contributed by atoms with E-state index in [2.05, 4.69) is 0 Å². The van der Waals surface area contributed by atoms with Gasteiger partial charge in [0.05, 0.1) is 27.9 Å². The van der Waals surface area contributed by atoms with Gasteiger partial charge in [-0.2, -0.15) is 0 Å². The Morgan fingerprint density at radius 3 is 1.10 bits per heavy atom. The standard InChI is InChI=1S/C39H22F9N/c1-19-11-15-21(16-12-19)39(22-17-13-20(2)14-18-22)23-7-3-5-9-25(23)49(26-10-6-4-8-24(26)39)38-36(47)31(42)28(32(43)37(38)48)27-29(40)33(44)35(46)34(45)30(27)41/h3-18H,1-2H3. The first-order chi connectivity index (χ1) is 23.4. The molecule has 246 valence electrons. The lowest BCUT2D eigenvalue weighted by atomic mass is 9.62. The van der Waals surface area contributed by atoms with Crippen LogP contribution in [0.5, 0.6) is 0 Å². The van der Waals surface area contributed by atoms with Crippen molar-refractivity contribution in [1.82, 2.24) is 0 Å². The second-order valence-electron chi connectivity index (χ2n) is 11.8. The quantitative estimate of drug-likeness (QED) is 0.102. The number of rotatable bonds is 4. The van der Waals surface area contributed by atoms with Crippen LogP contribution in [-0.2, 0) is 5.41 Å². The summed E-state index contributed by atoms with van der Waals surface area (Å²) in [5, 5.41) is 0. The minimum atomic E-state index is -2.62. The van der Waals surface area contributed by atoms with E-state index in [1.165, 1.54) is 12.1 Å². The SMILES string of the molecule is Cc1ccc(C2(c3ccc(C)cc3)c3ccccc3N(c3c(F)c(F)c(-c4c(F)c(F)c(F)c(F)c4F)c(F)c3F)c3ccccc32)cc1. The van der Waals surface area contributed by atoms with Gasteiger partial charge in [-0.15, -0.1) is 0 Å². The average Bonchev–Trinajstić information content (AvgIpc) is 3.11. The van der Waals surface area contributed by atoms with Crippen LogP contribution >= 0.6 is 0 Å². The maximum atomic E-state index is 16.3. The lowest BCUT2D eigenvalue weighted by Gasteiger charge is -2.46. The van der Waals surface area contributed by atoms with Crippen molar-refractivity contribution in [3.05, 3.63) is 183 Å². The van der Waals surface area contributed by atoms with Crippen LogP contribution in [0.3, 0.4) is 0 Å². The van der Waals surface area contributed by atoms with Crippen molar-refractivity contribution in [2.45, 2.75) is 19.3 Å². The molecule has 1 aliphatic rings. The highest BCUT2D eigenvalue weighted by atomic mass is 19.2. The fourth-order valence-corrected chi connectivity index (χ4v) is 6.74. The average molecular weight is 676 g/mol. The monoisotopic (exact) mass is 675 g/mol. The Morgan fingerprint density at radius 1 is 0.388 bits per heavy atom. The van der Waals surface area contributed by atoms with Crippen molar-refractivity contribution in [3.63, 3.8) is 0 Å². The maximum absolute atomic E-state index is 16.3. The maximum Gasteiger partial charge on any atom is 0.200 e. The molecule has 0 unspecified atom stereocenters. The number of halogens is 9. The Bertz CT molecular complexity index is 2140. The zero-order valence-corrected chi connectivity index (χ0v) is 25.6. The van der Waals surface area contributed by atoms with Crippen molar-refractivity contribution in [3.8, 4) is 11.1 Å². The predicted molar refractivity (Wildman–Crippen MR) is 168 cm³/mol. The van der Waals surface area contributed by atoms with Crippen LogP contribution in [0.1, 0.15) is 33.4 Å². The number of anilines is 3. The van der Waals surface area contributed by atoms with Crippen molar-refractivity contribution < 1.29 is 39.5 Å². The molecule has 0 fully saturated rings. The number of benzene rings is 6. The molecular formula is C39H22F9N. The fraction of sp³-hybridized carbons (Fsp3) is 0.0769. The van der Waals surface area contributed by atoms with E-state index in [9.17, 15) is 22.0 Å². The van der Waals surface area contributed by atoms with Crippen LogP contribution in [0.2, 0.25) is 0 Å². The Hall–Kier alpha value is -5.51. The van der Waals surface area contributed by atoms with Crippen LogP contribution in [0.4, 0.5) is 56.6 Å². The molecule has 0 aliphatic carbocycles. The Morgan fingerprint density at radius 2 is 0.714 bits per heavy atom. The highest BCUT2D eigenvalue weighted by Crippen LogP contribution is 2.58. The van der Waals surface area contributed by atoms with Crippen LogP contribution in [0, 0.1) is 66.2 Å². The Kier molecular flexibility index (Phi) is 7.57. The van der Waals surface area contributed by atoms with Gasteiger partial charge in [-0.3, -0.25) is 0 Å². The number of hydrogen-bond acceptors (Lipinski definition) is 1. The first-order valence-electron chi connectivity index (χ1n) is 14.9. The molecule has 0 amide bonds. The van der Waals surface area contributed by atoms with E-state index in [0.29, 0.717) is 11.1 Å². The van der Waals surface area contributed by atoms with Crippen molar-refractivity contribution >= 4 is 17.1 Å². The lowest BCUT2D eigenvalue weighted by molar-refractivity contribution is 0.379. The molecule has 1 nitrogen and oxygen atoms in total. The van der Waals surface area contributed by atoms with Crippen LogP contribution < -0.4 is 4.90 Å². The summed E-state index contributed by atoms with van der Waals surface area (Å²) in [5.74, 6) is -22.0. The number of aryl methyl sites for hydroxylation is 2. The van der Waals surface area contributed by atoms with Gasteiger partial charge in [0.2, 0.25) is 5.82 Å². The molecule has 1 heterocycles. The molecule has 0 spiro atoms. The van der Waals surface area contributed by atoms with Crippen molar-refractivity contribution in [2.75, 3.05) is 4.90 Å². The normalized spacial score (nSPS) is 13.3. The molecule has 10 heteroatoms. The zero-order valence-electron chi connectivity index (χ0n) is 25.6. The summed E-state index contributed by atoms with van der Waals surface area (Å²) in [6.07, 6.45) is 0. The van der Waals surface area contributed by atoms with Gasteiger partial charge in [-0.1, -0.05) is 96.1 Å². The summed E-state index contributed by atoms with van der Waals surface area (Å²) in [4.78, 5) is 0.949. The number of nitrogens with zero attached hydrogens (tertiary/aromatic N) is 1. The van der Waals surface area contributed by atoms with Gasteiger partial charge in [0.1, 0.15) is 5.69 Å². The van der Waals surface area contributed by atoms with E-state index in [4.69, 9.17) is 0 Å². The zero-order chi connectivity index (χ0) is 34.9. The number of hydrogen-bond donors (Lipinski definition) is 0. The molecule has 0 radical (unpaired) electrons. The van der Waals surface area contributed by atoms with E-state index < -0.39 is 74.6 Å². The summed E-state index contributed by atoms with van der Waals surface area (Å²) in [6, 6.07) is 28.2. The van der Waals surface area contributed by atoms with Gasteiger partial charge in [0.25, 0.3) is 0 Å². The van der Waals surface area contributed by atoms with E-state index >= 15 is 17.6 Å². The second kappa shape index (κ2) is 11.6. The predicted octanol–water partition coefficient (Wildman–Crippen LogP) is 11.4. The van der Waals surface area contributed by atoms with Crippen molar-refractivity contribution in [2.24, 2.45) is 0 Å². The second-order valence-corrected chi connectivity index (χ2v) is 11.8. The molecule has 7 rings (SSSR count). The van der Waals surface area contributed by atoms with Gasteiger partial charge in [-0.25, -0.2) is 39.5 Å². The smallest absolute Gasteiger partial charge is 0.200 e. The molecule has 6 aromatic rings. The first-order valence-corrected chi connectivity index (χ1v) is 14.9. The van der Waals surface area contributed by atoms with Crippen LogP contribution in [0.25, 0.3) is 11.1 Å². The molecule has 6 aromatic carbocycles. The third-order valence-corrected chi connectivity index (χ3v) is 8.99. The Labute approximate surface area is 274 Å². The molecule has 0 aromatic heterocycles. The van der Waals surface area contributed by atoms with E-state index in [1.54, 1.807) is 36.4 Å². The lowest BCUT2D eigenvalue weighted by Crippen LogP contribution is -2.38. The van der Waals surface area contributed by atoms with Crippen LogP contribution in [0.15, 0.2) is 97.1 Å². The highest BCUT2D eigenvalue weighted by molar-refractivity contribution is 5.90. The molecule has 49 heavy (non-hydrogen) atoms. The minimum absolute atomic E-state index is 0.0999. The van der Waals surface area contributed by atoms with E-state index in [1.807, 2.05) is 62.4 Å². The minimum Gasteiger partial charge on any atom is -0.304 e. The number of para-hydroxylation sites is 2. The first kappa shape index (κ1) is 32.1. The summed E-state index contributed by atoms with van der Waals surface area (Å²) in [6.45, 7) is 3.83. The van der Waals surface area contributed by atoms with Gasteiger partial charge in [0.15, 0.2) is 46.5 Å². The van der Waals surface area contributed by atoms with Gasteiger partial charge in [-0.05, 0) is 48.2 Å². The van der Waals surface area contributed by atoms with E-state index in [0.717, 1.165) is 27.2 Å². The van der Waals surface area contributed by atoms with Crippen LogP contribution in [-0.4, -0.2) is 0 Å². The molecule has 0 saturated carbocycles. The molecule has 1 aliphatic heterocycles. The van der Waals surface area contributed by atoms with Crippen molar-refractivity contribution in [1.29, 1.82) is 0 Å². The van der Waals surface area contributed by atoms with E-state index in [-0.39, 0.29) is 11.4 Å². The molecule has 0 atom stereocenters. The summed E-state index contributed by atoms with van der Waals surface area (Å²) in [5.41, 5.74) is -2.08. The third-order valence-electron chi connectivity index (χ3n) is 8.99. The van der Waals surface area contributed by atoms with Gasteiger partial charge in [0, 0.05) is 0 Å². The summed E-state index contributed by atoms with van der Waals surface area (Å²) < 4.78 is 136. The van der Waals surface area contributed by atoms with Gasteiger partial charge >= 0.3 is 0 Å². The molecule has 0 bridgehead atoms. The van der Waals surface area contributed by atoms with Gasteiger partial charge < -0.3 is 4.90 Å². The topological polar surface area (TPSA) is 3.24 Å². The largest absolute Gasteiger partial charge is 0.304 e. The highest BCUT2D eigenvalue weighted by Gasteiger charge is 2.48.